The lowest BCUT2D eigenvalue weighted by atomic mass is 10.1. The number of benzene rings is 1. The Kier molecular flexibility index (Phi) is 5.41. The monoisotopic (exact) mass is 310 g/mol. The molecule has 3 nitrogen and oxygen atoms in total. The third-order valence-corrected chi connectivity index (χ3v) is 5.37. The largest absolute Gasteiger partial charge is 0.507 e. The Morgan fingerprint density at radius 1 is 1.55 bits per heavy atom. The molecule has 20 heavy (non-hydrogen) atoms. The third kappa shape index (κ3) is 3.51. The molecule has 0 radical (unpaired) electrons. The maximum absolute atomic E-state index is 10.1. The molecule has 2 rings (SSSR count). The highest BCUT2D eigenvalue weighted by molar-refractivity contribution is 8.14. The minimum Gasteiger partial charge on any atom is -0.507 e. The van der Waals surface area contributed by atoms with Crippen molar-refractivity contribution >= 4 is 29.4 Å². The van der Waals surface area contributed by atoms with E-state index < -0.39 is 0 Å². The standard InChI is InChI=1S/C15H22N2OS2/c1-10-5-4-6-13(14(10)18)15-16-12(9-20-15)7-17(3)11(2)8-19/h4-6,11-12,18-19H,7-9H2,1-3H3/t11-,12-/m0/s1. The van der Waals surface area contributed by atoms with E-state index in [1.807, 2.05) is 25.1 Å². The molecule has 0 fully saturated rings. The fraction of sp³-hybridized carbons (Fsp3) is 0.533. The SMILES string of the molecule is Cc1cccc(C2=N[C@@H](CN(C)[C@@H](C)CS)CS2)c1O. The summed E-state index contributed by atoms with van der Waals surface area (Å²) in [6.45, 7) is 5.02. The van der Waals surface area contributed by atoms with E-state index in [0.717, 1.165) is 34.2 Å². The van der Waals surface area contributed by atoms with Gasteiger partial charge in [0.25, 0.3) is 0 Å². The van der Waals surface area contributed by atoms with Crippen LogP contribution in [0.25, 0.3) is 0 Å². The van der Waals surface area contributed by atoms with Gasteiger partial charge in [-0.3, -0.25) is 4.99 Å². The van der Waals surface area contributed by atoms with Gasteiger partial charge in [-0.25, -0.2) is 0 Å². The summed E-state index contributed by atoms with van der Waals surface area (Å²) >= 11 is 6.07. The summed E-state index contributed by atoms with van der Waals surface area (Å²) in [6.07, 6.45) is 0. The van der Waals surface area contributed by atoms with Crippen LogP contribution in [0.2, 0.25) is 0 Å². The van der Waals surface area contributed by atoms with Gasteiger partial charge in [-0.05, 0) is 32.5 Å². The lowest BCUT2D eigenvalue weighted by Gasteiger charge is -2.24. The number of para-hydroxylation sites is 1. The maximum Gasteiger partial charge on any atom is 0.128 e. The van der Waals surface area contributed by atoms with Gasteiger partial charge in [0.2, 0.25) is 0 Å². The zero-order chi connectivity index (χ0) is 14.7. The van der Waals surface area contributed by atoms with Crippen LogP contribution in [-0.4, -0.2) is 52.2 Å². The molecule has 1 aliphatic rings. The van der Waals surface area contributed by atoms with Gasteiger partial charge in [-0.15, -0.1) is 11.8 Å². The molecular weight excluding hydrogens is 288 g/mol. The van der Waals surface area contributed by atoms with Crippen molar-refractivity contribution in [3.8, 4) is 5.75 Å². The summed E-state index contributed by atoms with van der Waals surface area (Å²) in [7, 11) is 2.11. The predicted molar refractivity (Wildman–Crippen MR) is 91.6 cm³/mol. The molecule has 0 aliphatic carbocycles. The summed E-state index contributed by atoms with van der Waals surface area (Å²) in [5, 5.41) is 11.1. The summed E-state index contributed by atoms with van der Waals surface area (Å²) in [6, 6.07) is 6.57. The molecule has 1 aliphatic heterocycles. The average Bonchev–Trinajstić information content (AvgIpc) is 2.89. The van der Waals surface area contributed by atoms with Gasteiger partial charge < -0.3 is 10.0 Å². The van der Waals surface area contributed by atoms with Crippen LogP contribution in [0.1, 0.15) is 18.1 Å². The van der Waals surface area contributed by atoms with Crippen molar-refractivity contribution in [2.75, 3.05) is 25.1 Å². The zero-order valence-electron chi connectivity index (χ0n) is 12.2. The molecule has 0 bridgehead atoms. The summed E-state index contributed by atoms with van der Waals surface area (Å²) in [5.41, 5.74) is 1.76. The van der Waals surface area contributed by atoms with Gasteiger partial charge >= 0.3 is 0 Å². The van der Waals surface area contributed by atoms with E-state index in [0.29, 0.717) is 17.8 Å². The Morgan fingerprint density at radius 3 is 3.00 bits per heavy atom. The van der Waals surface area contributed by atoms with Crippen LogP contribution in [0.15, 0.2) is 23.2 Å². The van der Waals surface area contributed by atoms with Crippen LogP contribution >= 0.6 is 24.4 Å². The number of hydrogen-bond acceptors (Lipinski definition) is 5. The number of phenolic OH excluding ortho intramolecular Hbond substituents is 1. The van der Waals surface area contributed by atoms with E-state index in [2.05, 4.69) is 31.5 Å². The maximum atomic E-state index is 10.1. The Morgan fingerprint density at radius 2 is 2.30 bits per heavy atom. The molecule has 0 unspecified atom stereocenters. The van der Waals surface area contributed by atoms with Crippen molar-refractivity contribution in [3.63, 3.8) is 0 Å². The fourth-order valence-electron chi connectivity index (χ4n) is 2.14. The molecule has 0 saturated carbocycles. The Bertz CT molecular complexity index is 505. The molecule has 0 aromatic heterocycles. The molecule has 0 spiro atoms. The van der Waals surface area contributed by atoms with Crippen molar-refractivity contribution < 1.29 is 5.11 Å². The highest BCUT2D eigenvalue weighted by atomic mass is 32.2. The highest BCUT2D eigenvalue weighted by Gasteiger charge is 2.23. The molecule has 0 amide bonds. The number of hydrogen-bond donors (Lipinski definition) is 2. The number of thiol groups is 1. The lowest BCUT2D eigenvalue weighted by Crippen LogP contribution is -2.36. The number of aryl methyl sites for hydroxylation is 1. The van der Waals surface area contributed by atoms with E-state index in [-0.39, 0.29) is 0 Å². The minimum absolute atomic E-state index is 0.294. The number of thioether (sulfide) groups is 1. The molecule has 5 heteroatoms. The first-order chi connectivity index (χ1) is 9.52. The molecule has 2 atom stereocenters. The third-order valence-electron chi connectivity index (χ3n) is 3.70. The second kappa shape index (κ2) is 6.87. The van der Waals surface area contributed by atoms with E-state index in [1.165, 1.54) is 0 Å². The number of nitrogens with zero attached hydrogens (tertiary/aromatic N) is 2. The Balaban J connectivity index is 2.09. The molecule has 1 heterocycles. The average molecular weight is 310 g/mol. The van der Waals surface area contributed by atoms with Gasteiger partial charge in [0.05, 0.1) is 6.04 Å². The fourth-order valence-corrected chi connectivity index (χ4v) is 3.49. The van der Waals surface area contributed by atoms with Gasteiger partial charge in [-0.2, -0.15) is 12.6 Å². The van der Waals surface area contributed by atoms with E-state index >= 15 is 0 Å². The molecular formula is C15H22N2OS2. The normalized spacial score (nSPS) is 20.2. The lowest BCUT2D eigenvalue weighted by molar-refractivity contribution is 0.268. The van der Waals surface area contributed by atoms with Crippen molar-refractivity contribution in [2.45, 2.75) is 25.9 Å². The molecule has 110 valence electrons. The van der Waals surface area contributed by atoms with Crippen molar-refractivity contribution in [3.05, 3.63) is 29.3 Å². The first-order valence-corrected chi connectivity index (χ1v) is 8.45. The second-order valence-corrected chi connectivity index (χ2v) is 6.72. The second-order valence-electron chi connectivity index (χ2n) is 5.34. The zero-order valence-corrected chi connectivity index (χ0v) is 13.9. The Labute approximate surface area is 130 Å². The van der Waals surface area contributed by atoms with E-state index in [4.69, 9.17) is 4.99 Å². The number of aliphatic imine (C=N–C) groups is 1. The number of aromatic hydroxyl groups is 1. The van der Waals surface area contributed by atoms with Crippen molar-refractivity contribution in [1.82, 2.24) is 4.90 Å². The molecule has 0 saturated heterocycles. The summed E-state index contributed by atoms with van der Waals surface area (Å²) in [4.78, 5) is 7.06. The van der Waals surface area contributed by atoms with Gasteiger partial charge in [0.15, 0.2) is 0 Å². The van der Waals surface area contributed by atoms with E-state index in [9.17, 15) is 5.11 Å². The summed E-state index contributed by atoms with van der Waals surface area (Å²) < 4.78 is 0. The summed E-state index contributed by atoms with van der Waals surface area (Å²) in [5.74, 6) is 2.19. The first kappa shape index (κ1) is 15.7. The molecule has 1 aromatic carbocycles. The van der Waals surface area contributed by atoms with Crippen LogP contribution in [-0.2, 0) is 0 Å². The van der Waals surface area contributed by atoms with E-state index in [1.54, 1.807) is 11.8 Å². The number of phenols is 1. The van der Waals surface area contributed by atoms with Crippen LogP contribution < -0.4 is 0 Å². The number of rotatable bonds is 5. The van der Waals surface area contributed by atoms with Gasteiger partial charge in [0, 0.05) is 29.7 Å². The van der Waals surface area contributed by atoms with Crippen LogP contribution in [0.3, 0.4) is 0 Å². The van der Waals surface area contributed by atoms with Crippen LogP contribution in [0.5, 0.6) is 5.75 Å². The molecule has 1 N–H and O–H groups in total. The number of likely N-dealkylation sites (N-methyl/N-ethyl adjacent to an activating group) is 1. The van der Waals surface area contributed by atoms with Crippen LogP contribution in [0.4, 0.5) is 0 Å². The topological polar surface area (TPSA) is 35.8 Å². The minimum atomic E-state index is 0.294. The van der Waals surface area contributed by atoms with Crippen molar-refractivity contribution in [2.24, 2.45) is 4.99 Å². The predicted octanol–water partition coefficient (Wildman–Crippen LogP) is 2.81. The van der Waals surface area contributed by atoms with Crippen LogP contribution in [0, 0.1) is 6.92 Å². The van der Waals surface area contributed by atoms with Gasteiger partial charge in [0.1, 0.15) is 10.8 Å². The van der Waals surface area contributed by atoms with Crippen molar-refractivity contribution in [1.29, 1.82) is 0 Å². The smallest absolute Gasteiger partial charge is 0.128 e. The first-order valence-electron chi connectivity index (χ1n) is 6.83. The Hall–Kier alpha value is -0.650. The molecule has 1 aromatic rings. The quantitative estimate of drug-likeness (QED) is 0.821. The van der Waals surface area contributed by atoms with Gasteiger partial charge in [-0.1, -0.05) is 12.1 Å². The highest BCUT2D eigenvalue weighted by Crippen LogP contribution is 2.30.